The minimum Gasteiger partial charge on any atom is -0.439 e. The Kier molecular flexibility index (Phi) is 6.55. The normalized spacial score (nSPS) is 12.3. The lowest BCUT2D eigenvalue weighted by atomic mass is 10.2. The minimum absolute atomic E-state index is 0.291. The second-order valence-corrected chi connectivity index (χ2v) is 5.85. The lowest BCUT2D eigenvalue weighted by molar-refractivity contribution is -0.143. The molecule has 138 valence electrons. The van der Waals surface area contributed by atoms with Gasteiger partial charge in [-0.15, -0.1) is 0 Å². The van der Waals surface area contributed by atoms with Crippen LogP contribution in [0.15, 0.2) is 34.9 Å². The average molecular weight is 359 g/mol. The van der Waals surface area contributed by atoms with Gasteiger partial charge in [0.1, 0.15) is 5.82 Å². The Morgan fingerprint density at radius 2 is 1.80 bits per heavy atom. The van der Waals surface area contributed by atoms with Crippen LogP contribution in [0.3, 0.4) is 0 Å². The Morgan fingerprint density at radius 3 is 2.40 bits per heavy atom. The van der Waals surface area contributed by atoms with Crippen LogP contribution in [0, 0.1) is 5.82 Å². The number of hydrogen-bond acceptors (Lipinski definition) is 4. The first-order valence-electron chi connectivity index (χ1n) is 7.95. The third kappa shape index (κ3) is 6.47. The van der Waals surface area contributed by atoms with Crippen LogP contribution in [0.5, 0.6) is 0 Å². The maximum Gasteiger partial charge on any atom is 0.401 e. The molecule has 0 aliphatic carbocycles. The molecule has 0 saturated carbocycles. The summed E-state index contributed by atoms with van der Waals surface area (Å²) in [4.78, 5) is 7.38. The molecule has 1 heterocycles. The van der Waals surface area contributed by atoms with Gasteiger partial charge in [-0.2, -0.15) is 13.2 Å². The Balaban J connectivity index is 1.90. The van der Waals surface area contributed by atoms with E-state index < -0.39 is 12.7 Å². The zero-order chi connectivity index (χ0) is 18.4. The van der Waals surface area contributed by atoms with Gasteiger partial charge in [0, 0.05) is 18.7 Å². The molecule has 0 spiro atoms. The zero-order valence-electron chi connectivity index (χ0n) is 14.2. The molecular formula is C17H21F4N3O. The predicted molar refractivity (Wildman–Crippen MR) is 86.4 cm³/mol. The van der Waals surface area contributed by atoms with Crippen molar-refractivity contribution in [1.82, 2.24) is 14.8 Å². The highest BCUT2D eigenvalue weighted by atomic mass is 19.4. The van der Waals surface area contributed by atoms with Crippen molar-refractivity contribution in [2.75, 3.05) is 33.2 Å². The first-order valence-corrected chi connectivity index (χ1v) is 7.95. The molecule has 2 aromatic rings. The molecule has 1 aromatic heterocycles. The lowest BCUT2D eigenvalue weighted by Crippen LogP contribution is -2.37. The number of benzene rings is 1. The maximum absolute atomic E-state index is 13.0. The van der Waals surface area contributed by atoms with E-state index in [0.717, 1.165) is 0 Å². The number of likely N-dealkylation sites (N-methyl/N-ethyl adjacent to an activating group) is 2. The lowest BCUT2D eigenvalue weighted by Gasteiger charge is -2.23. The maximum atomic E-state index is 13.0. The fourth-order valence-electron chi connectivity index (χ4n) is 2.37. The van der Waals surface area contributed by atoms with Gasteiger partial charge in [-0.05, 0) is 37.9 Å². The fourth-order valence-corrected chi connectivity index (χ4v) is 2.37. The van der Waals surface area contributed by atoms with Gasteiger partial charge < -0.3 is 4.42 Å². The summed E-state index contributed by atoms with van der Waals surface area (Å²) >= 11 is 0. The molecule has 0 saturated heterocycles. The number of oxazole rings is 1. The Bertz CT molecular complexity index is 655. The zero-order valence-corrected chi connectivity index (χ0v) is 14.2. The van der Waals surface area contributed by atoms with Gasteiger partial charge in [0.15, 0.2) is 5.76 Å². The smallest absolute Gasteiger partial charge is 0.401 e. The molecular weight excluding hydrogens is 338 g/mol. The van der Waals surface area contributed by atoms with E-state index in [1.165, 1.54) is 24.1 Å². The van der Waals surface area contributed by atoms with Crippen molar-refractivity contribution in [2.45, 2.75) is 19.6 Å². The monoisotopic (exact) mass is 359 g/mol. The Hall–Kier alpha value is -1.93. The standard InChI is InChI=1S/C17H21F4N3O/c1-3-24(9-8-23(2)12-17(19,20)21)11-16-22-10-15(25-16)13-4-6-14(18)7-5-13/h4-7,10H,3,8-9,11-12H2,1-2H3. The van der Waals surface area contributed by atoms with E-state index in [1.807, 2.05) is 11.8 Å². The van der Waals surface area contributed by atoms with E-state index in [1.54, 1.807) is 18.3 Å². The van der Waals surface area contributed by atoms with Crippen molar-refractivity contribution < 1.29 is 22.0 Å². The molecule has 0 amide bonds. The van der Waals surface area contributed by atoms with Crippen molar-refractivity contribution >= 4 is 0 Å². The molecule has 2 rings (SSSR count). The topological polar surface area (TPSA) is 32.5 Å². The molecule has 0 aliphatic heterocycles. The van der Waals surface area contributed by atoms with Crippen LogP contribution in [0.1, 0.15) is 12.8 Å². The first-order chi connectivity index (χ1) is 11.8. The summed E-state index contributed by atoms with van der Waals surface area (Å²) in [5.74, 6) is 0.670. The van der Waals surface area contributed by atoms with Gasteiger partial charge in [-0.1, -0.05) is 6.92 Å². The van der Waals surface area contributed by atoms with Crippen molar-refractivity contribution in [3.8, 4) is 11.3 Å². The van der Waals surface area contributed by atoms with E-state index in [2.05, 4.69) is 4.98 Å². The first kappa shape index (κ1) is 19.4. The molecule has 8 heteroatoms. The summed E-state index contributed by atoms with van der Waals surface area (Å²) in [6.07, 6.45) is -2.63. The Labute approximate surface area is 144 Å². The second kappa shape index (κ2) is 8.44. The number of halogens is 4. The summed E-state index contributed by atoms with van der Waals surface area (Å²) in [6.45, 7) is 2.81. The molecule has 0 aliphatic rings. The predicted octanol–water partition coefficient (Wildman–Crippen LogP) is 3.80. The van der Waals surface area contributed by atoms with Crippen molar-refractivity contribution in [3.05, 3.63) is 42.2 Å². The Morgan fingerprint density at radius 1 is 1.12 bits per heavy atom. The van der Waals surface area contributed by atoms with E-state index >= 15 is 0 Å². The molecule has 1 aromatic carbocycles. The van der Waals surface area contributed by atoms with Gasteiger partial charge in [-0.3, -0.25) is 9.80 Å². The van der Waals surface area contributed by atoms with E-state index in [9.17, 15) is 17.6 Å². The molecule has 0 fully saturated rings. The second-order valence-electron chi connectivity index (χ2n) is 5.85. The minimum atomic E-state index is -4.20. The molecule has 0 atom stereocenters. The van der Waals surface area contributed by atoms with Crippen LogP contribution >= 0.6 is 0 Å². The highest BCUT2D eigenvalue weighted by molar-refractivity contribution is 5.55. The molecule has 0 N–H and O–H groups in total. The quantitative estimate of drug-likeness (QED) is 0.671. The molecule has 0 unspecified atom stereocenters. The summed E-state index contributed by atoms with van der Waals surface area (Å²) in [5.41, 5.74) is 0.716. The number of nitrogens with zero attached hydrogens (tertiary/aromatic N) is 3. The van der Waals surface area contributed by atoms with Crippen LogP contribution in [0.4, 0.5) is 17.6 Å². The fraction of sp³-hybridized carbons (Fsp3) is 0.471. The van der Waals surface area contributed by atoms with Gasteiger partial charge in [-0.25, -0.2) is 9.37 Å². The van der Waals surface area contributed by atoms with E-state index in [-0.39, 0.29) is 5.82 Å². The molecule has 4 nitrogen and oxygen atoms in total. The highest BCUT2D eigenvalue weighted by Gasteiger charge is 2.29. The van der Waals surface area contributed by atoms with Crippen LogP contribution in [0.25, 0.3) is 11.3 Å². The van der Waals surface area contributed by atoms with E-state index in [0.29, 0.717) is 43.4 Å². The van der Waals surface area contributed by atoms with Gasteiger partial charge in [0.2, 0.25) is 5.89 Å². The van der Waals surface area contributed by atoms with Crippen molar-refractivity contribution in [3.63, 3.8) is 0 Å². The van der Waals surface area contributed by atoms with Crippen LogP contribution in [-0.4, -0.2) is 54.2 Å². The van der Waals surface area contributed by atoms with Gasteiger partial charge >= 0.3 is 6.18 Å². The number of aromatic nitrogens is 1. The SMILES string of the molecule is CCN(CCN(C)CC(F)(F)F)Cc1ncc(-c2ccc(F)cc2)o1. The molecule has 25 heavy (non-hydrogen) atoms. The van der Waals surface area contributed by atoms with E-state index in [4.69, 9.17) is 4.42 Å². The number of rotatable bonds is 8. The number of alkyl halides is 3. The molecule has 0 bridgehead atoms. The van der Waals surface area contributed by atoms with Crippen LogP contribution in [-0.2, 0) is 6.54 Å². The van der Waals surface area contributed by atoms with Gasteiger partial charge in [0.25, 0.3) is 0 Å². The third-order valence-corrected chi connectivity index (χ3v) is 3.74. The molecule has 0 radical (unpaired) electrons. The van der Waals surface area contributed by atoms with Gasteiger partial charge in [0.05, 0.1) is 19.3 Å². The van der Waals surface area contributed by atoms with Crippen molar-refractivity contribution in [2.24, 2.45) is 0 Å². The largest absolute Gasteiger partial charge is 0.439 e. The number of hydrogen-bond donors (Lipinski definition) is 0. The van der Waals surface area contributed by atoms with Crippen LogP contribution < -0.4 is 0 Å². The van der Waals surface area contributed by atoms with Crippen LogP contribution in [0.2, 0.25) is 0 Å². The summed E-state index contributed by atoms with van der Waals surface area (Å²) in [6, 6.07) is 5.88. The van der Waals surface area contributed by atoms with Crippen molar-refractivity contribution in [1.29, 1.82) is 0 Å². The summed E-state index contributed by atoms with van der Waals surface area (Å²) < 4.78 is 55.6. The average Bonchev–Trinajstić information content (AvgIpc) is 2.99. The third-order valence-electron chi connectivity index (χ3n) is 3.74. The highest BCUT2D eigenvalue weighted by Crippen LogP contribution is 2.21. The summed E-state index contributed by atoms with van der Waals surface area (Å²) in [7, 11) is 1.44. The summed E-state index contributed by atoms with van der Waals surface area (Å²) in [5, 5.41) is 0.